The number of aromatic nitrogens is 2. The van der Waals surface area contributed by atoms with Crippen LogP contribution in [-0.4, -0.2) is 18.0 Å². The molecule has 1 aromatic heterocycles. The number of anilines is 1. The van der Waals surface area contributed by atoms with Crippen molar-refractivity contribution in [2.24, 2.45) is 0 Å². The summed E-state index contributed by atoms with van der Waals surface area (Å²) in [5.74, 6) is 0.453. The Kier molecular flexibility index (Phi) is 4.90. The molecular weight excluding hydrogens is 386 g/mol. The Morgan fingerprint density at radius 2 is 1.55 bits per heavy atom. The van der Waals surface area contributed by atoms with Crippen LogP contribution in [0.3, 0.4) is 0 Å². The van der Waals surface area contributed by atoms with E-state index in [0.29, 0.717) is 33.7 Å². The Morgan fingerprint density at radius 1 is 0.897 bits per heavy atom. The summed E-state index contributed by atoms with van der Waals surface area (Å²) in [5.41, 5.74) is 2.25. The van der Waals surface area contributed by atoms with Crippen LogP contribution >= 0.6 is 0 Å². The van der Waals surface area contributed by atoms with Crippen molar-refractivity contribution >= 4 is 26.6 Å². The van der Waals surface area contributed by atoms with Crippen LogP contribution in [0.4, 0.5) is 5.69 Å². The van der Waals surface area contributed by atoms with Gasteiger partial charge in [0.1, 0.15) is 5.82 Å². The van der Waals surface area contributed by atoms with Gasteiger partial charge in [0.15, 0.2) is 0 Å². The standard InChI is InChI=1S/C22H19N3O3S/c1-16-23-21-10-6-5-9-20(21)22(26)25(16)19-13-11-18(12-14-19)24-29(27,28)15-17-7-3-2-4-8-17/h2-14,24H,15H2,1H3. The smallest absolute Gasteiger partial charge is 0.265 e. The van der Waals surface area contributed by atoms with Crippen LogP contribution in [-0.2, 0) is 15.8 Å². The zero-order valence-electron chi connectivity index (χ0n) is 15.7. The minimum absolute atomic E-state index is 0.108. The van der Waals surface area contributed by atoms with E-state index in [2.05, 4.69) is 9.71 Å². The molecule has 0 unspecified atom stereocenters. The van der Waals surface area contributed by atoms with Crippen LogP contribution in [0.25, 0.3) is 16.6 Å². The van der Waals surface area contributed by atoms with Crippen molar-refractivity contribution in [3.63, 3.8) is 0 Å². The molecule has 0 fully saturated rings. The number of hydrogen-bond acceptors (Lipinski definition) is 4. The largest absolute Gasteiger partial charge is 0.283 e. The van der Waals surface area contributed by atoms with E-state index in [9.17, 15) is 13.2 Å². The average molecular weight is 405 g/mol. The third-order valence-electron chi connectivity index (χ3n) is 4.54. The van der Waals surface area contributed by atoms with Gasteiger partial charge < -0.3 is 0 Å². The van der Waals surface area contributed by atoms with Crippen molar-refractivity contribution in [3.8, 4) is 5.69 Å². The molecule has 0 atom stereocenters. The van der Waals surface area contributed by atoms with Gasteiger partial charge in [-0.15, -0.1) is 0 Å². The molecule has 29 heavy (non-hydrogen) atoms. The highest BCUT2D eigenvalue weighted by molar-refractivity contribution is 7.91. The molecule has 1 heterocycles. The van der Waals surface area contributed by atoms with Gasteiger partial charge in [-0.05, 0) is 48.9 Å². The first-order valence-corrected chi connectivity index (χ1v) is 10.7. The van der Waals surface area contributed by atoms with Gasteiger partial charge >= 0.3 is 0 Å². The van der Waals surface area contributed by atoms with Gasteiger partial charge in [0, 0.05) is 5.69 Å². The topological polar surface area (TPSA) is 81.1 Å². The molecule has 4 aromatic rings. The third-order valence-corrected chi connectivity index (χ3v) is 5.80. The lowest BCUT2D eigenvalue weighted by Gasteiger charge is -2.12. The highest BCUT2D eigenvalue weighted by atomic mass is 32.2. The maximum atomic E-state index is 12.9. The van der Waals surface area contributed by atoms with Crippen LogP contribution in [0.15, 0.2) is 83.7 Å². The maximum Gasteiger partial charge on any atom is 0.265 e. The summed E-state index contributed by atoms with van der Waals surface area (Å²) in [6.07, 6.45) is 0. The van der Waals surface area contributed by atoms with Crippen molar-refractivity contribution in [1.29, 1.82) is 0 Å². The molecule has 4 rings (SSSR count). The molecule has 7 heteroatoms. The minimum atomic E-state index is -3.54. The van der Waals surface area contributed by atoms with Gasteiger partial charge in [-0.3, -0.25) is 14.1 Å². The SMILES string of the molecule is Cc1nc2ccccc2c(=O)n1-c1ccc(NS(=O)(=O)Cc2ccccc2)cc1. The molecule has 0 aliphatic heterocycles. The second kappa shape index (κ2) is 7.52. The minimum Gasteiger partial charge on any atom is -0.283 e. The molecule has 0 bridgehead atoms. The van der Waals surface area contributed by atoms with Gasteiger partial charge in [0.2, 0.25) is 10.0 Å². The first kappa shape index (κ1) is 18.9. The first-order valence-electron chi connectivity index (χ1n) is 9.06. The normalized spacial score (nSPS) is 11.5. The van der Waals surface area contributed by atoms with Crippen LogP contribution < -0.4 is 10.3 Å². The molecule has 0 aliphatic rings. The van der Waals surface area contributed by atoms with Crippen LogP contribution in [0, 0.1) is 6.92 Å². The zero-order valence-corrected chi connectivity index (χ0v) is 16.6. The van der Waals surface area contributed by atoms with E-state index in [-0.39, 0.29) is 11.3 Å². The van der Waals surface area contributed by atoms with Crippen molar-refractivity contribution in [3.05, 3.63) is 101 Å². The third kappa shape index (κ3) is 4.05. The Morgan fingerprint density at radius 3 is 2.28 bits per heavy atom. The van der Waals surface area contributed by atoms with E-state index in [4.69, 9.17) is 0 Å². The Balaban J connectivity index is 1.62. The van der Waals surface area contributed by atoms with E-state index < -0.39 is 10.0 Å². The lowest BCUT2D eigenvalue weighted by Crippen LogP contribution is -2.22. The average Bonchev–Trinajstić information content (AvgIpc) is 2.69. The number of rotatable bonds is 5. The molecule has 0 saturated heterocycles. The van der Waals surface area contributed by atoms with Gasteiger partial charge in [-0.1, -0.05) is 42.5 Å². The van der Waals surface area contributed by atoms with Gasteiger partial charge in [-0.25, -0.2) is 13.4 Å². The van der Waals surface area contributed by atoms with Gasteiger partial charge in [0.25, 0.3) is 5.56 Å². The molecular formula is C22H19N3O3S. The fourth-order valence-electron chi connectivity index (χ4n) is 3.24. The number of benzene rings is 3. The number of nitrogens with one attached hydrogen (secondary N) is 1. The summed E-state index contributed by atoms with van der Waals surface area (Å²) in [7, 11) is -3.54. The van der Waals surface area contributed by atoms with Crippen molar-refractivity contribution < 1.29 is 8.42 Å². The summed E-state index contributed by atoms with van der Waals surface area (Å²) in [6, 6.07) is 22.8. The predicted molar refractivity (Wildman–Crippen MR) is 115 cm³/mol. The molecule has 0 saturated carbocycles. The molecule has 0 amide bonds. The second-order valence-corrected chi connectivity index (χ2v) is 8.43. The molecule has 3 aromatic carbocycles. The van der Waals surface area contributed by atoms with Gasteiger partial charge in [0.05, 0.1) is 22.3 Å². The Labute approximate surface area is 168 Å². The molecule has 0 spiro atoms. The maximum absolute atomic E-state index is 12.9. The van der Waals surface area contributed by atoms with E-state index in [1.165, 1.54) is 4.57 Å². The van der Waals surface area contributed by atoms with Gasteiger partial charge in [-0.2, -0.15) is 0 Å². The highest BCUT2D eigenvalue weighted by Gasteiger charge is 2.13. The lowest BCUT2D eigenvalue weighted by atomic mass is 10.2. The summed E-state index contributed by atoms with van der Waals surface area (Å²) < 4.78 is 28.9. The van der Waals surface area contributed by atoms with E-state index in [0.717, 1.165) is 0 Å². The quantitative estimate of drug-likeness (QED) is 0.550. The zero-order chi connectivity index (χ0) is 20.4. The number of para-hydroxylation sites is 1. The van der Waals surface area contributed by atoms with E-state index in [1.54, 1.807) is 73.7 Å². The summed E-state index contributed by atoms with van der Waals surface area (Å²) in [6.45, 7) is 1.77. The summed E-state index contributed by atoms with van der Waals surface area (Å²) >= 11 is 0. The number of aryl methyl sites for hydroxylation is 1. The van der Waals surface area contributed by atoms with Crippen molar-refractivity contribution in [2.75, 3.05) is 4.72 Å². The predicted octanol–water partition coefficient (Wildman–Crippen LogP) is 3.64. The number of fused-ring (bicyclic) bond motifs is 1. The van der Waals surface area contributed by atoms with Crippen LogP contribution in [0.2, 0.25) is 0 Å². The Bertz CT molecular complexity index is 1330. The second-order valence-electron chi connectivity index (χ2n) is 6.71. The van der Waals surface area contributed by atoms with Crippen molar-refractivity contribution in [2.45, 2.75) is 12.7 Å². The highest BCUT2D eigenvalue weighted by Crippen LogP contribution is 2.17. The summed E-state index contributed by atoms with van der Waals surface area (Å²) in [4.78, 5) is 17.4. The Hall–Kier alpha value is -3.45. The lowest BCUT2D eigenvalue weighted by molar-refractivity contribution is 0.600. The fourth-order valence-corrected chi connectivity index (χ4v) is 4.43. The van der Waals surface area contributed by atoms with Crippen LogP contribution in [0.5, 0.6) is 0 Å². The van der Waals surface area contributed by atoms with E-state index in [1.807, 2.05) is 12.1 Å². The number of hydrogen-bond donors (Lipinski definition) is 1. The number of sulfonamides is 1. The molecule has 0 aliphatic carbocycles. The van der Waals surface area contributed by atoms with Crippen molar-refractivity contribution in [1.82, 2.24) is 9.55 Å². The molecule has 0 radical (unpaired) electrons. The first-order chi connectivity index (χ1) is 13.9. The monoisotopic (exact) mass is 405 g/mol. The van der Waals surface area contributed by atoms with Crippen LogP contribution in [0.1, 0.15) is 11.4 Å². The molecule has 1 N–H and O–H groups in total. The molecule has 6 nitrogen and oxygen atoms in total. The fraction of sp³-hybridized carbons (Fsp3) is 0.0909. The molecule has 146 valence electrons. The number of nitrogens with zero attached hydrogens (tertiary/aromatic N) is 2. The summed E-state index contributed by atoms with van der Waals surface area (Å²) in [5, 5.41) is 0.533. The van der Waals surface area contributed by atoms with E-state index >= 15 is 0 Å².